The minimum atomic E-state index is -0.417. The molecule has 0 saturated heterocycles. The van der Waals surface area contributed by atoms with E-state index in [1.165, 1.54) is 11.6 Å². The number of carbonyl (C=O) groups is 1. The first kappa shape index (κ1) is 22.3. The van der Waals surface area contributed by atoms with Gasteiger partial charge in [0.25, 0.3) is 0 Å². The molecule has 34 heavy (non-hydrogen) atoms. The second-order valence-corrected chi connectivity index (χ2v) is 9.16. The molecule has 0 amide bonds. The quantitative estimate of drug-likeness (QED) is 0.259. The summed E-state index contributed by atoms with van der Waals surface area (Å²) in [5.41, 5.74) is 3.76. The van der Waals surface area contributed by atoms with E-state index in [4.69, 9.17) is 14.8 Å². The molecular formula is C27H28FN3O3. The van der Waals surface area contributed by atoms with Crippen molar-refractivity contribution in [3.63, 3.8) is 0 Å². The van der Waals surface area contributed by atoms with Crippen molar-refractivity contribution in [3.8, 4) is 5.75 Å². The molecule has 5 rings (SSSR count). The zero-order valence-corrected chi connectivity index (χ0v) is 19.4. The molecule has 7 heteroatoms. The Hall–Kier alpha value is -3.48. The Morgan fingerprint density at radius 1 is 1.12 bits per heavy atom. The van der Waals surface area contributed by atoms with Crippen molar-refractivity contribution in [2.24, 2.45) is 5.92 Å². The Labute approximate surface area is 197 Å². The number of nitrogens with zero attached hydrogens (tertiary/aromatic N) is 2. The topological polar surface area (TPSA) is 77.1 Å². The first-order chi connectivity index (χ1) is 16.5. The van der Waals surface area contributed by atoms with E-state index in [0.29, 0.717) is 17.6 Å². The van der Waals surface area contributed by atoms with Gasteiger partial charge in [-0.2, -0.15) is 0 Å². The second-order valence-electron chi connectivity index (χ2n) is 9.16. The highest BCUT2D eigenvalue weighted by Gasteiger charge is 2.29. The van der Waals surface area contributed by atoms with Crippen molar-refractivity contribution < 1.29 is 19.0 Å². The number of carbonyl (C=O) groups excluding carboxylic acids is 1. The largest absolute Gasteiger partial charge is 0.355 e. The fourth-order valence-electron chi connectivity index (χ4n) is 5.08. The Bertz CT molecular complexity index is 1330. The number of halogens is 1. The van der Waals surface area contributed by atoms with Crippen LogP contribution in [0.2, 0.25) is 0 Å². The molecule has 6 nitrogen and oxygen atoms in total. The van der Waals surface area contributed by atoms with Gasteiger partial charge >= 0.3 is 5.97 Å². The first-order valence-electron chi connectivity index (χ1n) is 11.9. The molecule has 176 valence electrons. The summed E-state index contributed by atoms with van der Waals surface area (Å²) in [7, 11) is 0. The highest BCUT2D eigenvalue weighted by molar-refractivity contribution is 5.82. The van der Waals surface area contributed by atoms with Gasteiger partial charge in [-0.25, -0.2) is 14.2 Å². The minimum Gasteiger partial charge on any atom is -0.342 e. The van der Waals surface area contributed by atoms with Gasteiger partial charge in [-0.1, -0.05) is 13.8 Å². The fraction of sp³-hybridized carbons (Fsp3) is 0.370. The molecule has 2 aromatic carbocycles. The standard InChI is InChI=1S/C27H28FN3O3/c1-3-26(32)34-33-20-9-11-24-25(15-20)31-27(30-24)16(2)17-4-6-18(7-5-17)21-12-13-29-23-10-8-19(28)14-22(21)23/h8-18H,3-7H2,1-2H3,(H,30,31). The Kier molecular flexibility index (Phi) is 6.18. The number of hydrogen-bond acceptors (Lipinski definition) is 5. The van der Waals surface area contributed by atoms with E-state index in [0.717, 1.165) is 53.4 Å². The van der Waals surface area contributed by atoms with Crippen LogP contribution < -0.4 is 4.89 Å². The van der Waals surface area contributed by atoms with Gasteiger partial charge in [0.15, 0.2) is 5.75 Å². The summed E-state index contributed by atoms with van der Waals surface area (Å²) >= 11 is 0. The molecule has 0 spiro atoms. The van der Waals surface area contributed by atoms with Gasteiger partial charge in [0.1, 0.15) is 11.6 Å². The molecule has 2 aromatic heterocycles. The van der Waals surface area contributed by atoms with Crippen LogP contribution in [0.15, 0.2) is 48.7 Å². The van der Waals surface area contributed by atoms with Crippen LogP contribution in [0.4, 0.5) is 4.39 Å². The predicted octanol–water partition coefficient (Wildman–Crippen LogP) is 6.57. The Morgan fingerprint density at radius 3 is 2.71 bits per heavy atom. The van der Waals surface area contributed by atoms with Crippen LogP contribution in [0.25, 0.3) is 21.9 Å². The van der Waals surface area contributed by atoms with E-state index >= 15 is 0 Å². The van der Waals surface area contributed by atoms with Gasteiger partial charge in [0, 0.05) is 30.0 Å². The summed E-state index contributed by atoms with van der Waals surface area (Å²) in [6, 6.07) is 12.3. The van der Waals surface area contributed by atoms with E-state index < -0.39 is 5.97 Å². The van der Waals surface area contributed by atoms with Crippen LogP contribution >= 0.6 is 0 Å². The van der Waals surface area contributed by atoms with Crippen LogP contribution in [-0.4, -0.2) is 20.9 Å². The van der Waals surface area contributed by atoms with E-state index in [9.17, 15) is 9.18 Å². The molecule has 1 aliphatic rings. The van der Waals surface area contributed by atoms with Crippen LogP contribution in [0.3, 0.4) is 0 Å². The number of pyridine rings is 1. The molecule has 0 bridgehead atoms. The number of nitrogens with one attached hydrogen (secondary N) is 1. The van der Waals surface area contributed by atoms with Crippen molar-refractivity contribution in [2.75, 3.05) is 0 Å². The average molecular weight is 462 g/mol. The van der Waals surface area contributed by atoms with Gasteiger partial charge in [-0.05, 0) is 79.5 Å². The predicted molar refractivity (Wildman–Crippen MR) is 128 cm³/mol. The Balaban J connectivity index is 1.27. The fourth-order valence-corrected chi connectivity index (χ4v) is 5.08. The van der Waals surface area contributed by atoms with Crippen LogP contribution in [0.5, 0.6) is 5.75 Å². The lowest BCUT2D eigenvalue weighted by Crippen LogP contribution is -2.19. The monoisotopic (exact) mass is 461 g/mol. The van der Waals surface area contributed by atoms with Gasteiger partial charge in [-0.3, -0.25) is 14.8 Å². The number of aromatic amines is 1. The van der Waals surface area contributed by atoms with E-state index in [-0.39, 0.29) is 18.2 Å². The summed E-state index contributed by atoms with van der Waals surface area (Å²) in [5, 5.41) is 0.930. The van der Waals surface area contributed by atoms with E-state index in [1.54, 1.807) is 31.2 Å². The lowest BCUT2D eigenvalue weighted by atomic mass is 9.73. The number of hydrogen-bond donors (Lipinski definition) is 1. The minimum absolute atomic E-state index is 0.217. The van der Waals surface area contributed by atoms with Gasteiger partial charge < -0.3 is 4.98 Å². The molecule has 1 N–H and O–H groups in total. The van der Waals surface area contributed by atoms with Crippen molar-refractivity contribution in [2.45, 2.75) is 57.8 Å². The first-order valence-corrected chi connectivity index (χ1v) is 11.9. The third kappa shape index (κ3) is 4.47. The number of fused-ring (bicyclic) bond motifs is 2. The third-order valence-corrected chi connectivity index (χ3v) is 7.08. The summed E-state index contributed by atoms with van der Waals surface area (Å²) in [6.07, 6.45) is 6.38. The normalized spacial score (nSPS) is 19.3. The molecule has 2 heterocycles. The van der Waals surface area contributed by atoms with Crippen LogP contribution in [0, 0.1) is 11.7 Å². The van der Waals surface area contributed by atoms with Crippen LogP contribution in [0.1, 0.15) is 69.2 Å². The zero-order chi connectivity index (χ0) is 23.7. The maximum atomic E-state index is 13.9. The summed E-state index contributed by atoms with van der Waals surface area (Å²) in [6.45, 7) is 3.93. The number of benzene rings is 2. The van der Waals surface area contributed by atoms with Crippen molar-refractivity contribution >= 4 is 27.9 Å². The lowest BCUT2D eigenvalue weighted by Gasteiger charge is -2.32. The van der Waals surface area contributed by atoms with Crippen LogP contribution in [-0.2, 0) is 9.68 Å². The molecule has 1 saturated carbocycles. The second kappa shape index (κ2) is 9.41. The smallest absolute Gasteiger partial charge is 0.342 e. The molecule has 1 fully saturated rings. The number of aromatic nitrogens is 3. The summed E-state index contributed by atoms with van der Waals surface area (Å²) in [5.74, 6) is 1.99. The van der Waals surface area contributed by atoms with Crippen molar-refractivity contribution in [1.29, 1.82) is 0 Å². The summed E-state index contributed by atoms with van der Waals surface area (Å²) < 4.78 is 13.9. The zero-order valence-electron chi connectivity index (χ0n) is 19.4. The number of rotatable bonds is 6. The molecule has 4 aromatic rings. The molecular weight excluding hydrogens is 433 g/mol. The van der Waals surface area contributed by atoms with E-state index in [2.05, 4.69) is 16.9 Å². The van der Waals surface area contributed by atoms with Gasteiger partial charge in [-0.15, -0.1) is 0 Å². The van der Waals surface area contributed by atoms with Gasteiger partial charge in [0.05, 0.1) is 16.6 Å². The molecule has 1 unspecified atom stereocenters. The highest BCUT2D eigenvalue weighted by Crippen LogP contribution is 2.43. The summed E-state index contributed by atoms with van der Waals surface area (Å²) in [4.78, 5) is 33.8. The molecule has 1 atom stereocenters. The maximum absolute atomic E-state index is 13.9. The van der Waals surface area contributed by atoms with Gasteiger partial charge in [0.2, 0.25) is 0 Å². The molecule has 1 aliphatic carbocycles. The molecule has 0 radical (unpaired) electrons. The molecule has 0 aliphatic heterocycles. The third-order valence-electron chi connectivity index (χ3n) is 7.08. The maximum Gasteiger partial charge on any atom is 0.355 e. The SMILES string of the molecule is CCC(=O)OOc1ccc2nc(C(C)C3CCC(c4ccnc5ccc(F)cc45)CC3)[nH]c2c1. The average Bonchev–Trinajstić information content (AvgIpc) is 3.30. The highest BCUT2D eigenvalue weighted by atomic mass is 19.1. The van der Waals surface area contributed by atoms with Crippen molar-refractivity contribution in [1.82, 2.24) is 15.0 Å². The van der Waals surface area contributed by atoms with Crippen molar-refractivity contribution in [3.05, 3.63) is 65.9 Å². The number of H-pyrrole nitrogens is 1. The lowest BCUT2D eigenvalue weighted by molar-refractivity contribution is -0.213. The van der Waals surface area contributed by atoms with E-state index in [1.807, 2.05) is 18.3 Å². The Morgan fingerprint density at radius 2 is 1.91 bits per heavy atom. The number of imidazole rings is 1.